The fourth-order valence-corrected chi connectivity index (χ4v) is 5.63. The van der Waals surface area contributed by atoms with Crippen molar-refractivity contribution in [1.82, 2.24) is 5.32 Å². The number of amides is 1. The van der Waals surface area contributed by atoms with Crippen LogP contribution in [0.2, 0.25) is 0 Å². The number of anilines is 1. The molecule has 3 aromatic rings. The van der Waals surface area contributed by atoms with Gasteiger partial charge in [-0.25, -0.2) is 8.42 Å². The average Bonchev–Trinajstić information content (AvgIpc) is 3.28. The average molecular weight is 443 g/mol. The zero-order valence-electron chi connectivity index (χ0n) is 17.5. The standard InChI is InChI=1S/C23H26N2O3S2/c1-16(2)22(20-9-6-5-8-17(20)3)24-23(26)18-11-13-19(14-12-18)25(4)30(27,28)21-10-7-15-29-21/h5-16,22H,1-4H3,(H,24,26)/t22-/m1/s1. The number of nitrogens with zero attached hydrogens (tertiary/aromatic N) is 1. The third kappa shape index (κ3) is 4.57. The molecule has 1 N–H and O–H groups in total. The van der Waals surface area contributed by atoms with Crippen LogP contribution in [0.1, 0.15) is 41.4 Å². The van der Waals surface area contributed by atoms with E-state index in [1.54, 1.807) is 41.8 Å². The number of thiophene rings is 1. The number of sulfonamides is 1. The van der Waals surface area contributed by atoms with E-state index < -0.39 is 10.0 Å². The highest BCUT2D eigenvalue weighted by molar-refractivity contribution is 7.94. The van der Waals surface area contributed by atoms with E-state index in [0.717, 1.165) is 11.1 Å². The van der Waals surface area contributed by atoms with Gasteiger partial charge in [-0.15, -0.1) is 11.3 Å². The van der Waals surface area contributed by atoms with Crippen LogP contribution in [0.25, 0.3) is 0 Å². The fourth-order valence-electron chi connectivity index (χ4n) is 3.27. The molecule has 0 spiro atoms. The summed E-state index contributed by atoms with van der Waals surface area (Å²) in [6.45, 7) is 6.19. The van der Waals surface area contributed by atoms with Crippen LogP contribution in [-0.2, 0) is 10.0 Å². The van der Waals surface area contributed by atoms with Crippen LogP contribution in [0.15, 0.2) is 70.3 Å². The van der Waals surface area contributed by atoms with E-state index in [1.165, 1.54) is 22.7 Å². The summed E-state index contributed by atoms with van der Waals surface area (Å²) in [5.74, 6) is 0.0312. The summed E-state index contributed by atoms with van der Waals surface area (Å²) in [5.41, 5.74) is 3.21. The molecule has 0 saturated heterocycles. The zero-order valence-corrected chi connectivity index (χ0v) is 19.1. The second-order valence-corrected chi connectivity index (χ2v) is 10.6. The highest BCUT2D eigenvalue weighted by Crippen LogP contribution is 2.27. The van der Waals surface area contributed by atoms with E-state index in [9.17, 15) is 13.2 Å². The van der Waals surface area contributed by atoms with Crippen molar-refractivity contribution in [1.29, 1.82) is 0 Å². The second kappa shape index (κ2) is 9.02. The summed E-state index contributed by atoms with van der Waals surface area (Å²) >= 11 is 1.18. The van der Waals surface area contributed by atoms with Gasteiger partial charge in [0.2, 0.25) is 0 Å². The molecule has 0 radical (unpaired) electrons. The third-order valence-corrected chi connectivity index (χ3v) is 8.24. The zero-order chi connectivity index (χ0) is 21.9. The Labute approximate surface area is 182 Å². The van der Waals surface area contributed by atoms with Crippen LogP contribution >= 0.6 is 11.3 Å². The van der Waals surface area contributed by atoms with Crippen LogP contribution in [0.3, 0.4) is 0 Å². The number of aryl methyl sites for hydroxylation is 1. The highest BCUT2D eigenvalue weighted by Gasteiger charge is 2.23. The largest absolute Gasteiger partial charge is 0.345 e. The first-order valence-corrected chi connectivity index (χ1v) is 12.0. The maximum absolute atomic E-state index is 12.9. The summed E-state index contributed by atoms with van der Waals surface area (Å²) < 4.78 is 26.9. The molecule has 5 nitrogen and oxygen atoms in total. The van der Waals surface area contributed by atoms with Gasteiger partial charge >= 0.3 is 0 Å². The lowest BCUT2D eigenvalue weighted by molar-refractivity contribution is 0.0925. The number of carbonyl (C=O) groups is 1. The minimum Gasteiger partial charge on any atom is -0.345 e. The van der Waals surface area contributed by atoms with Crippen LogP contribution in [0.4, 0.5) is 5.69 Å². The SMILES string of the molecule is Cc1ccccc1[C@H](NC(=O)c1ccc(N(C)S(=O)(=O)c2cccs2)cc1)C(C)C. The molecule has 3 rings (SSSR count). The first kappa shape index (κ1) is 22.1. The Morgan fingerprint density at radius 1 is 1.00 bits per heavy atom. The minimum absolute atomic E-state index is 0.111. The molecule has 2 aromatic carbocycles. The Balaban J connectivity index is 1.78. The third-order valence-electron chi connectivity index (χ3n) is 5.08. The molecule has 0 fully saturated rings. The molecule has 158 valence electrons. The Bertz CT molecular complexity index is 1110. The molecule has 30 heavy (non-hydrogen) atoms. The van der Waals surface area contributed by atoms with Crippen LogP contribution < -0.4 is 9.62 Å². The first-order valence-electron chi connectivity index (χ1n) is 9.70. The van der Waals surface area contributed by atoms with Gasteiger partial charge in [0.25, 0.3) is 15.9 Å². The van der Waals surface area contributed by atoms with Gasteiger partial charge in [-0.3, -0.25) is 9.10 Å². The summed E-state index contributed by atoms with van der Waals surface area (Å²) in [4.78, 5) is 12.9. The smallest absolute Gasteiger partial charge is 0.273 e. The van der Waals surface area contributed by atoms with Gasteiger partial charge in [-0.1, -0.05) is 44.2 Å². The quantitative estimate of drug-likeness (QED) is 0.559. The lowest BCUT2D eigenvalue weighted by Crippen LogP contribution is -2.32. The van der Waals surface area contributed by atoms with Gasteiger partial charge in [0, 0.05) is 12.6 Å². The number of carbonyl (C=O) groups excluding carboxylic acids is 1. The maximum atomic E-state index is 12.9. The molecule has 0 aliphatic rings. The fraction of sp³-hybridized carbons (Fsp3) is 0.261. The van der Waals surface area contributed by atoms with Crippen molar-refractivity contribution in [3.8, 4) is 0 Å². The number of rotatable bonds is 7. The monoisotopic (exact) mass is 442 g/mol. The normalized spacial score (nSPS) is 12.6. The summed E-state index contributed by atoms with van der Waals surface area (Å²) in [6, 6.07) is 17.8. The topological polar surface area (TPSA) is 66.5 Å². The van der Waals surface area contributed by atoms with E-state index >= 15 is 0 Å². The van der Waals surface area contributed by atoms with Crippen molar-refractivity contribution in [2.24, 2.45) is 5.92 Å². The van der Waals surface area contributed by atoms with E-state index in [0.29, 0.717) is 11.3 Å². The summed E-state index contributed by atoms with van der Waals surface area (Å²) in [5, 5.41) is 4.85. The molecule has 1 amide bonds. The van der Waals surface area contributed by atoms with Gasteiger partial charge in [0.05, 0.1) is 11.7 Å². The Kier molecular flexibility index (Phi) is 6.63. The van der Waals surface area contributed by atoms with Gasteiger partial charge in [-0.2, -0.15) is 0 Å². The van der Waals surface area contributed by atoms with Gasteiger partial charge in [-0.05, 0) is 59.7 Å². The Hall–Kier alpha value is -2.64. The number of nitrogens with one attached hydrogen (secondary N) is 1. The maximum Gasteiger partial charge on any atom is 0.273 e. The molecule has 1 atom stereocenters. The Morgan fingerprint density at radius 2 is 1.67 bits per heavy atom. The Morgan fingerprint density at radius 3 is 2.23 bits per heavy atom. The second-order valence-electron chi connectivity index (χ2n) is 7.50. The van der Waals surface area contributed by atoms with Crippen LogP contribution in [0, 0.1) is 12.8 Å². The molecule has 1 aromatic heterocycles. The van der Waals surface area contributed by atoms with Crippen molar-refractivity contribution in [2.45, 2.75) is 31.0 Å². The predicted molar refractivity (Wildman–Crippen MR) is 123 cm³/mol. The van der Waals surface area contributed by atoms with Crippen molar-refractivity contribution in [3.05, 3.63) is 82.7 Å². The molecule has 0 unspecified atom stereocenters. The van der Waals surface area contributed by atoms with Crippen molar-refractivity contribution in [3.63, 3.8) is 0 Å². The summed E-state index contributed by atoms with van der Waals surface area (Å²) in [6.07, 6.45) is 0. The van der Waals surface area contributed by atoms with E-state index in [4.69, 9.17) is 0 Å². The van der Waals surface area contributed by atoms with Gasteiger partial charge in [0.15, 0.2) is 0 Å². The molecular formula is C23H26N2O3S2. The minimum atomic E-state index is -3.60. The molecule has 0 aliphatic carbocycles. The van der Waals surface area contributed by atoms with E-state index in [1.807, 2.05) is 31.2 Å². The lowest BCUT2D eigenvalue weighted by atomic mass is 9.92. The number of hydrogen-bond donors (Lipinski definition) is 1. The van der Waals surface area contributed by atoms with E-state index in [2.05, 4.69) is 19.2 Å². The summed E-state index contributed by atoms with van der Waals surface area (Å²) in [7, 11) is -2.09. The molecule has 0 bridgehead atoms. The highest BCUT2D eigenvalue weighted by atomic mass is 32.2. The van der Waals surface area contributed by atoms with Gasteiger partial charge in [0.1, 0.15) is 4.21 Å². The molecule has 0 saturated carbocycles. The predicted octanol–water partition coefficient (Wildman–Crippen LogP) is 5.01. The molecular weight excluding hydrogens is 416 g/mol. The van der Waals surface area contributed by atoms with Gasteiger partial charge < -0.3 is 5.32 Å². The molecule has 1 heterocycles. The number of hydrogen-bond acceptors (Lipinski definition) is 4. The molecule has 7 heteroatoms. The molecule has 0 aliphatic heterocycles. The van der Waals surface area contributed by atoms with Crippen molar-refractivity contribution in [2.75, 3.05) is 11.4 Å². The van der Waals surface area contributed by atoms with Crippen molar-refractivity contribution < 1.29 is 13.2 Å². The van der Waals surface area contributed by atoms with E-state index in [-0.39, 0.29) is 22.1 Å². The van der Waals surface area contributed by atoms with Crippen molar-refractivity contribution >= 4 is 33.0 Å². The van der Waals surface area contributed by atoms with Crippen LogP contribution in [0.5, 0.6) is 0 Å². The number of benzene rings is 2. The lowest BCUT2D eigenvalue weighted by Gasteiger charge is -2.25. The van der Waals surface area contributed by atoms with Crippen LogP contribution in [-0.4, -0.2) is 21.4 Å². The first-order chi connectivity index (χ1) is 14.2.